The van der Waals surface area contributed by atoms with Gasteiger partial charge in [-0.25, -0.2) is 68.3 Å². The number of allylic oxidation sites excluding steroid dienone is 3. The molecule has 75 heavy (non-hydrogen) atoms. The number of nitrogens with one attached hydrogen (secondary N) is 2. The Morgan fingerprint density at radius 3 is 1.64 bits per heavy atom. The Hall–Kier alpha value is -7.36. The molecule has 1 aromatic carbocycles. The molecule has 0 saturated carbocycles. The summed E-state index contributed by atoms with van der Waals surface area (Å²) in [5, 5.41) is 8.84. The van der Waals surface area contributed by atoms with Crippen LogP contribution in [0.4, 0.5) is 17.3 Å². The molecule has 22 nitrogen and oxygen atoms in total. The lowest BCUT2D eigenvalue weighted by atomic mass is 9.71. The van der Waals surface area contributed by atoms with Crippen molar-refractivity contribution >= 4 is 97.9 Å². The fraction of sp³-hybridized carbons (Fsp3) is 0.300. The number of thioether (sulfide) groups is 2. The van der Waals surface area contributed by atoms with Crippen LogP contribution in [0.1, 0.15) is 25.7 Å². The highest BCUT2D eigenvalue weighted by atomic mass is 127. The first-order valence-electron chi connectivity index (χ1n) is 23.7. The quantitative estimate of drug-likeness (QED) is 0.0539. The van der Waals surface area contributed by atoms with Crippen molar-refractivity contribution in [3.63, 3.8) is 0 Å². The van der Waals surface area contributed by atoms with Crippen molar-refractivity contribution < 1.29 is 0 Å². The lowest BCUT2D eigenvalue weighted by molar-refractivity contribution is 0.0945. The van der Waals surface area contributed by atoms with E-state index in [0.717, 1.165) is 18.8 Å². The molecule has 2 saturated heterocycles. The molecular weight excluding hydrogens is 1110 g/mol. The minimum absolute atomic E-state index is 0. The molecule has 388 valence electrons. The first-order chi connectivity index (χ1) is 36.1. The van der Waals surface area contributed by atoms with Gasteiger partial charge in [-0.3, -0.25) is 19.5 Å². The highest BCUT2D eigenvalue weighted by molar-refractivity contribution is 14.0. The first kappa shape index (κ1) is 53.9. The third-order valence-electron chi connectivity index (χ3n) is 13.0. The highest BCUT2D eigenvalue weighted by Gasteiger charge is 2.37. The third kappa shape index (κ3) is 11.6. The number of halogens is 1. The van der Waals surface area contributed by atoms with Gasteiger partial charge in [-0.1, -0.05) is 41.8 Å². The van der Waals surface area contributed by atoms with Gasteiger partial charge in [0.05, 0.1) is 44.4 Å². The predicted molar refractivity (Wildman–Crippen MR) is 305 cm³/mol. The van der Waals surface area contributed by atoms with Gasteiger partial charge in [0.2, 0.25) is 5.95 Å². The molecule has 9 aromatic rings. The van der Waals surface area contributed by atoms with E-state index in [9.17, 15) is 14.4 Å². The Bertz CT molecular complexity index is 3610. The molecule has 2 fully saturated rings. The summed E-state index contributed by atoms with van der Waals surface area (Å²) in [6, 6.07) is 8.43. The number of piperidine rings is 2. The van der Waals surface area contributed by atoms with Crippen molar-refractivity contribution in [2.75, 3.05) is 56.0 Å². The van der Waals surface area contributed by atoms with Crippen LogP contribution in [0.5, 0.6) is 0 Å². The van der Waals surface area contributed by atoms with E-state index in [1.807, 2.05) is 12.5 Å². The van der Waals surface area contributed by atoms with Crippen LogP contribution in [0.15, 0.2) is 143 Å². The van der Waals surface area contributed by atoms with Gasteiger partial charge in [0.15, 0.2) is 27.3 Å². The second kappa shape index (κ2) is 24.3. The number of nitrogens with zero attached hydrogens (tertiary/aromatic N) is 17. The standard InChI is InChI=1S/C28H33N9O.C13H12N6OS.C9H10N4OS.HI/c1-3-12-36-26(38)24-19-31-27(33-25(24)37(36)23-17-29-20-30-18-23)32-21-4-6-22(7-5-21)35-15-10-28(11-16-35)8-13-34(2)14-9-28;1-3-4-18-12(20)10-7-16-13(21-2)17-11(10)19(18)9-5-14-8-15-6-9;1-3-4-13-8(14)6-5-10-9(15-2)11-7(6)12-13;/h3-7,17-20H,1,8-16H2,2H3,(H,31,32,33);3,5-8H,1,4H2,2H3;3,5H,1,4H2,2H3,(H,10,11,12);1H. The molecule has 8 aromatic heterocycles. The van der Waals surface area contributed by atoms with Crippen molar-refractivity contribution in [3.8, 4) is 11.4 Å². The van der Waals surface area contributed by atoms with E-state index in [2.05, 4.69) is 116 Å². The summed E-state index contributed by atoms with van der Waals surface area (Å²) in [6.07, 6.45) is 28.1. The van der Waals surface area contributed by atoms with Crippen LogP contribution in [0.2, 0.25) is 0 Å². The second-order valence-corrected chi connectivity index (χ2v) is 19.1. The zero-order valence-electron chi connectivity index (χ0n) is 41.7. The summed E-state index contributed by atoms with van der Waals surface area (Å²) in [4.78, 5) is 84.3. The van der Waals surface area contributed by atoms with Crippen LogP contribution < -0.4 is 26.9 Å². The second-order valence-electron chi connectivity index (χ2n) is 17.6. The monoisotopic (exact) mass is 1160 g/mol. The molecule has 0 aliphatic carbocycles. The van der Waals surface area contributed by atoms with Gasteiger partial charge >= 0.3 is 0 Å². The van der Waals surface area contributed by atoms with Crippen LogP contribution in [0.3, 0.4) is 0 Å². The normalized spacial score (nSPS) is 14.1. The topological polar surface area (TPSA) is 239 Å². The SMILES string of the molecule is C=CCn1[nH]c2nc(SC)ncc2c1=O.C=CCn1c(=O)c2cnc(Nc3ccc(N4CCC5(CCN(C)CC5)CC4)cc3)nc2n1-c1cncnc1.C=CCn1c(=O)c2cnc(SC)nc2n1-c1cncnc1.I. The Kier molecular flexibility index (Phi) is 17.5. The summed E-state index contributed by atoms with van der Waals surface area (Å²) in [5.41, 5.74) is 5.10. The van der Waals surface area contributed by atoms with Gasteiger partial charge in [-0.15, -0.1) is 43.7 Å². The lowest BCUT2D eigenvalue weighted by Gasteiger charge is -2.46. The van der Waals surface area contributed by atoms with Gasteiger partial charge in [0, 0.05) is 43.1 Å². The molecule has 25 heteroatoms. The molecular formula is C50H56IN19O3S2. The number of aromatic amines is 1. The Labute approximate surface area is 456 Å². The number of likely N-dealkylation sites (tertiary alicyclic amines) is 1. The maximum atomic E-state index is 13.0. The lowest BCUT2D eigenvalue weighted by Crippen LogP contribution is -2.46. The summed E-state index contributed by atoms with van der Waals surface area (Å²) >= 11 is 2.86. The molecule has 1 spiro atoms. The van der Waals surface area contributed by atoms with E-state index in [1.165, 1.54) is 90.0 Å². The molecule has 0 amide bonds. The van der Waals surface area contributed by atoms with Gasteiger partial charge in [0.1, 0.15) is 40.2 Å². The first-order valence-corrected chi connectivity index (χ1v) is 26.2. The molecule has 0 radical (unpaired) electrons. The average Bonchev–Trinajstić information content (AvgIpc) is 4.02. The molecule has 0 unspecified atom stereocenters. The highest BCUT2D eigenvalue weighted by Crippen LogP contribution is 2.42. The molecule has 0 bridgehead atoms. The average molecular weight is 1160 g/mol. The molecule has 11 rings (SSSR count). The van der Waals surface area contributed by atoms with Crippen molar-refractivity contribution in [2.24, 2.45) is 5.41 Å². The molecule has 2 N–H and O–H groups in total. The van der Waals surface area contributed by atoms with Gasteiger partial charge in [0.25, 0.3) is 16.7 Å². The van der Waals surface area contributed by atoms with Crippen LogP contribution in [-0.2, 0) is 19.6 Å². The van der Waals surface area contributed by atoms with Crippen molar-refractivity contribution in [3.05, 3.63) is 149 Å². The van der Waals surface area contributed by atoms with Crippen LogP contribution in [0, 0.1) is 5.41 Å². The fourth-order valence-electron chi connectivity index (χ4n) is 9.10. The number of hydrogen-bond acceptors (Lipinski definition) is 18. The van der Waals surface area contributed by atoms with E-state index >= 15 is 0 Å². The molecule has 0 atom stereocenters. The molecule has 2 aliphatic heterocycles. The van der Waals surface area contributed by atoms with Gasteiger partial charge in [-0.05, 0) is 88.0 Å². The summed E-state index contributed by atoms with van der Waals surface area (Å²) in [5.74, 6) is 0.411. The smallest absolute Gasteiger partial charge is 0.278 e. The van der Waals surface area contributed by atoms with Gasteiger partial charge in [-0.2, -0.15) is 4.98 Å². The maximum Gasteiger partial charge on any atom is 0.278 e. The third-order valence-corrected chi connectivity index (χ3v) is 14.2. The maximum absolute atomic E-state index is 13.0. The van der Waals surface area contributed by atoms with Gasteiger partial charge < -0.3 is 15.1 Å². The molecule has 2 aliphatic rings. The summed E-state index contributed by atoms with van der Waals surface area (Å²) in [6.45, 7) is 16.9. The van der Waals surface area contributed by atoms with E-state index in [1.54, 1.807) is 75.7 Å². The Morgan fingerprint density at radius 2 is 1.11 bits per heavy atom. The number of anilines is 3. The molecule has 10 heterocycles. The predicted octanol–water partition coefficient (Wildman–Crippen LogP) is 6.54. The minimum Gasteiger partial charge on any atom is -0.371 e. The Balaban J connectivity index is 0.000000169. The number of rotatable bonds is 13. The fourth-order valence-corrected chi connectivity index (χ4v) is 9.78. The number of aromatic nitrogens is 16. The van der Waals surface area contributed by atoms with Crippen LogP contribution in [-0.4, -0.2) is 129 Å². The number of benzene rings is 1. The number of fused-ring (bicyclic) bond motifs is 3. The van der Waals surface area contributed by atoms with E-state index in [-0.39, 0.29) is 40.7 Å². The van der Waals surface area contributed by atoms with Crippen molar-refractivity contribution in [1.29, 1.82) is 0 Å². The number of H-pyrrole nitrogens is 1. The van der Waals surface area contributed by atoms with Crippen molar-refractivity contribution in [2.45, 2.75) is 55.6 Å². The Morgan fingerprint density at radius 1 is 0.613 bits per heavy atom. The van der Waals surface area contributed by atoms with Crippen LogP contribution >= 0.6 is 47.5 Å². The van der Waals surface area contributed by atoms with Crippen molar-refractivity contribution in [1.82, 2.24) is 83.2 Å². The van der Waals surface area contributed by atoms with E-state index in [4.69, 9.17) is 4.98 Å². The zero-order chi connectivity index (χ0) is 51.8. The van der Waals surface area contributed by atoms with E-state index < -0.39 is 0 Å². The van der Waals surface area contributed by atoms with E-state index in [0.29, 0.717) is 85.8 Å². The number of hydrogen-bond donors (Lipinski definition) is 2. The zero-order valence-corrected chi connectivity index (χ0v) is 45.7. The minimum atomic E-state index is -0.191. The van der Waals surface area contributed by atoms with Crippen LogP contribution in [0.25, 0.3) is 44.5 Å². The largest absolute Gasteiger partial charge is 0.371 e. The summed E-state index contributed by atoms with van der Waals surface area (Å²) < 4.78 is 7.95. The summed E-state index contributed by atoms with van der Waals surface area (Å²) in [7, 11) is 2.23.